The minimum atomic E-state index is 0. The molecule has 0 spiro atoms. The Morgan fingerprint density at radius 2 is 2.04 bits per heavy atom. The van der Waals surface area contributed by atoms with Crippen molar-refractivity contribution >= 4 is 29.9 Å². The van der Waals surface area contributed by atoms with Gasteiger partial charge in [0, 0.05) is 45.0 Å². The molecule has 0 amide bonds. The Hall–Kier alpha value is -1.57. The number of hydrogen-bond donors (Lipinski definition) is 2. The fourth-order valence-corrected chi connectivity index (χ4v) is 2.65. The number of imidazole rings is 1. The molecule has 5 nitrogen and oxygen atoms in total. The highest BCUT2D eigenvalue weighted by Gasteiger charge is 2.20. The van der Waals surface area contributed by atoms with Crippen LogP contribution in [0.3, 0.4) is 0 Å². The van der Waals surface area contributed by atoms with Gasteiger partial charge in [0.15, 0.2) is 5.96 Å². The lowest BCUT2D eigenvalue weighted by molar-refractivity contribution is 0.693. The minimum absolute atomic E-state index is 0. The predicted octanol–water partition coefficient (Wildman–Crippen LogP) is 3.06. The lowest BCUT2D eigenvalue weighted by Crippen LogP contribution is -2.38. The monoisotopic (exact) mass is 453 g/mol. The molecule has 1 aliphatic carbocycles. The molecule has 136 valence electrons. The molecule has 1 aromatic heterocycles. The van der Waals surface area contributed by atoms with Crippen LogP contribution < -0.4 is 10.6 Å². The first-order valence-electron chi connectivity index (χ1n) is 8.91. The smallest absolute Gasteiger partial charge is 0.191 e. The van der Waals surface area contributed by atoms with Crippen molar-refractivity contribution in [2.24, 2.45) is 10.9 Å². The third-order valence-electron chi connectivity index (χ3n) is 4.19. The standard InChI is InChI=1S/C19H27N5.HI/c1-2-20-19(23-14-16-8-9-16)22-11-10-18-21-12-13-24(18)15-17-6-4-3-5-7-17;/h3-7,12-13,16H,2,8-11,14-15H2,1H3,(H2,20,22,23);1H. The van der Waals surface area contributed by atoms with Crippen LogP contribution in [0.1, 0.15) is 31.2 Å². The van der Waals surface area contributed by atoms with Crippen molar-refractivity contribution in [1.82, 2.24) is 20.2 Å². The molecule has 0 radical (unpaired) electrons. The van der Waals surface area contributed by atoms with Crippen LogP contribution in [0.25, 0.3) is 0 Å². The van der Waals surface area contributed by atoms with E-state index < -0.39 is 0 Å². The zero-order chi connectivity index (χ0) is 16.6. The van der Waals surface area contributed by atoms with Crippen LogP contribution in [-0.4, -0.2) is 35.1 Å². The molecule has 0 aliphatic heterocycles. The molecule has 1 aromatic carbocycles. The van der Waals surface area contributed by atoms with Crippen molar-refractivity contribution in [2.75, 3.05) is 19.6 Å². The van der Waals surface area contributed by atoms with Crippen LogP contribution in [0.2, 0.25) is 0 Å². The Morgan fingerprint density at radius 3 is 2.76 bits per heavy atom. The van der Waals surface area contributed by atoms with Crippen molar-refractivity contribution in [2.45, 2.75) is 32.7 Å². The molecule has 0 saturated heterocycles. The van der Waals surface area contributed by atoms with Crippen LogP contribution in [0.5, 0.6) is 0 Å². The van der Waals surface area contributed by atoms with Gasteiger partial charge >= 0.3 is 0 Å². The van der Waals surface area contributed by atoms with E-state index in [1.807, 2.05) is 12.3 Å². The lowest BCUT2D eigenvalue weighted by atomic mass is 10.2. The third kappa shape index (κ3) is 6.68. The summed E-state index contributed by atoms with van der Waals surface area (Å²) in [5.41, 5.74) is 1.30. The van der Waals surface area contributed by atoms with Crippen LogP contribution in [0, 0.1) is 5.92 Å². The van der Waals surface area contributed by atoms with Gasteiger partial charge in [-0.1, -0.05) is 30.3 Å². The van der Waals surface area contributed by atoms with Gasteiger partial charge in [0.1, 0.15) is 5.82 Å². The number of hydrogen-bond acceptors (Lipinski definition) is 2. The second-order valence-electron chi connectivity index (χ2n) is 6.30. The first-order valence-corrected chi connectivity index (χ1v) is 8.91. The number of aliphatic imine (C=N–C) groups is 1. The Balaban J connectivity index is 0.00000225. The van der Waals surface area contributed by atoms with Crippen molar-refractivity contribution < 1.29 is 0 Å². The highest BCUT2D eigenvalue weighted by Crippen LogP contribution is 2.28. The number of guanidine groups is 1. The average Bonchev–Trinajstić information content (AvgIpc) is 3.34. The Morgan fingerprint density at radius 1 is 1.24 bits per heavy atom. The second kappa shape index (κ2) is 10.4. The highest BCUT2D eigenvalue weighted by molar-refractivity contribution is 14.0. The third-order valence-corrected chi connectivity index (χ3v) is 4.19. The number of nitrogens with one attached hydrogen (secondary N) is 2. The van der Waals surface area contributed by atoms with Crippen molar-refractivity contribution in [3.63, 3.8) is 0 Å². The lowest BCUT2D eigenvalue weighted by Gasteiger charge is -2.12. The van der Waals surface area contributed by atoms with Gasteiger partial charge in [-0.05, 0) is 31.2 Å². The summed E-state index contributed by atoms with van der Waals surface area (Å²) in [7, 11) is 0. The normalized spacial score (nSPS) is 14.0. The maximum Gasteiger partial charge on any atom is 0.191 e. The molecular weight excluding hydrogens is 425 g/mol. The van der Waals surface area contributed by atoms with Gasteiger partial charge in [-0.25, -0.2) is 4.98 Å². The molecular formula is C19H28IN5. The van der Waals surface area contributed by atoms with E-state index in [9.17, 15) is 0 Å². The molecule has 2 N–H and O–H groups in total. The molecule has 25 heavy (non-hydrogen) atoms. The quantitative estimate of drug-likeness (QED) is 0.367. The minimum Gasteiger partial charge on any atom is -0.357 e. The molecule has 3 rings (SSSR count). The summed E-state index contributed by atoms with van der Waals surface area (Å²) in [6, 6.07) is 10.5. The number of rotatable bonds is 8. The van der Waals surface area contributed by atoms with E-state index in [1.165, 1.54) is 18.4 Å². The highest BCUT2D eigenvalue weighted by atomic mass is 127. The molecule has 6 heteroatoms. The van der Waals surface area contributed by atoms with Gasteiger partial charge in [0.25, 0.3) is 0 Å². The van der Waals surface area contributed by atoms with E-state index in [1.54, 1.807) is 0 Å². The number of aromatic nitrogens is 2. The summed E-state index contributed by atoms with van der Waals surface area (Å²) in [6.45, 7) is 5.63. The fourth-order valence-electron chi connectivity index (χ4n) is 2.65. The molecule has 0 atom stereocenters. The van der Waals surface area contributed by atoms with E-state index in [0.717, 1.165) is 50.3 Å². The summed E-state index contributed by atoms with van der Waals surface area (Å²) < 4.78 is 2.21. The first-order chi connectivity index (χ1) is 11.8. The first kappa shape index (κ1) is 19.8. The molecule has 1 saturated carbocycles. The Labute approximate surface area is 167 Å². The summed E-state index contributed by atoms with van der Waals surface area (Å²) >= 11 is 0. The summed E-state index contributed by atoms with van der Waals surface area (Å²) in [5.74, 6) is 2.83. The fraction of sp³-hybridized carbons (Fsp3) is 0.474. The van der Waals surface area contributed by atoms with E-state index >= 15 is 0 Å². The topological polar surface area (TPSA) is 54.2 Å². The second-order valence-corrected chi connectivity index (χ2v) is 6.30. The SMILES string of the molecule is CCNC(=NCC1CC1)NCCc1nccn1Cc1ccccc1.I. The maximum atomic E-state index is 4.65. The van der Waals surface area contributed by atoms with Gasteiger partial charge in [0.05, 0.1) is 0 Å². The maximum absolute atomic E-state index is 4.65. The van der Waals surface area contributed by atoms with Crippen molar-refractivity contribution in [1.29, 1.82) is 0 Å². The Bertz CT molecular complexity index is 649. The van der Waals surface area contributed by atoms with E-state index in [4.69, 9.17) is 0 Å². The van der Waals surface area contributed by atoms with Gasteiger partial charge < -0.3 is 15.2 Å². The average molecular weight is 453 g/mol. The summed E-state index contributed by atoms with van der Waals surface area (Å²) in [5, 5.41) is 6.73. The Kier molecular flexibility index (Phi) is 8.24. The zero-order valence-electron chi connectivity index (χ0n) is 14.8. The molecule has 0 bridgehead atoms. The van der Waals surface area contributed by atoms with Gasteiger partial charge in [0.2, 0.25) is 0 Å². The number of halogens is 1. The van der Waals surface area contributed by atoms with Crippen molar-refractivity contribution in [3.05, 3.63) is 54.1 Å². The van der Waals surface area contributed by atoms with Crippen LogP contribution >= 0.6 is 24.0 Å². The van der Waals surface area contributed by atoms with Crippen LogP contribution in [0.4, 0.5) is 0 Å². The molecule has 1 heterocycles. The van der Waals surface area contributed by atoms with E-state index in [2.05, 4.69) is 62.6 Å². The van der Waals surface area contributed by atoms with Gasteiger partial charge in [-0.2, -0.15) is 0 Å². The summed E-state index contributed by atoms with van der Waals surface area (Å²) in [4.78, 5) is 9.15. The van der Waals surface area contributed by atoms with E-state index in [-0.39, 0.29) is 24.0 Å². The van der Waals surface area contributed by atoms with Crippen molar-refractivity contribution in [3.8, 4) is 0 Å². The summed E-state index contributed by atoms with van der Waals surface area (Å²) in [6.07, 6.45) is 7.48. The predicted molar refractivity (Wildman–Crippen MR) is 114 cm³/mol. The zero-order valence-corrected chi connectivity index (χ0v) is 17.1. The van der Waals surface area contributed by atoms with Gasteiger partial charge in [-0.3, -0.25) is 4.99 Å². The number of nitrogens with zero attached hydrogens (tertiary/aromatic N) is 3. The molecule has 2 aromatic rings. The largest absolute Gasteiger partial charge is 0.357 e. The van der Waals surface area contributed by atoms with Gasteiger partial charge in [-0.15, -0.1) is 24.0 Å². The molecule has 0 unspecified atom stereocenters. The number of benzene rings is 1. The van der Waals surface area contributed by atoms with E-state index in [0.29, 0.717) is 0 Å². The van der Waals surface area contributed by atoms with Crippen LogP contribution in [0.15, 0.2) is 47.7 Å². The molecule has 1 aliphatic rings. The van der Waals surface area contributed by atoms with Crippen LogP contribution in [-0.2, 0) is 13.0 Å². The molecule has 1 fully saturated rings.